The number of carbonyl (C=O) groups excluding carboxylic acids is 2. The van der Waals surface area contributed by atoms with Gasteiger partial charge >= 0.3 is 0 Å². The molecule has 2 aliphatic rings. The maximum atomic E-state index is 13.1. The Hall–Kier alpha value is -2.70. The van der Waals surface area contributed by atoms with Crippen molar-refractivity contribution in [1.82, 2.24) is 19.8 Å². The van der Waals surface area contributed by atoms with Crippen LogP contribution in [-0.2, 0) is 11.3 Å². The molecule has 2 unspecified atom stereocenters. The van der Waals surface area contributed by atoms with Gasteiger partial charge in [0.15, 0.2) is 0 Å². The Bertz CT molecular complexity index is 896. The molecular weight excluding hydrogens is 380 g/mol. The number of amides is 2. The van der Waals surface area contributed by atoms with Crippen molar-refractivity contribution < 1.29 is 14.0 Å². The van der Waals surface area contributed by atoms with Gasteiger partial charge in [-0.25, -0.2) is 4.98 Å². The average molecular weight is 411 g/mol. The maximum Gasteiger partial charge on any atom is 0.274 e. The molecule has 3 heterocycles. The molecule has 4 rings (SSSR count). The summed E-state index contributed by atoms with van der Waals surface area (Å²) in [7, 11) is 0. The molecule has 1 saturated carbocycles. The zero-order valence-corrected chi connectivity index (χ0v) is 18.0. The van der Waals surface area contributed by atoms with Gasteiger partial charge in [0.05, 0.1) is 19.0 Å². The van der Waals surface area contributed by atoms with Crippen LogP contribution in [0.5, 0.6) is 0 Å². The van der Waals surface area contributed by atoms with E-state index < -0.39 is 0 Å². The lowest BCUT2D eigenvalue weighted by Crippen LogP contribution is -2.40. The summed E-state index contributed by atoms with van der Waals surface area (Å²) in [5, 5.41) is 0. The predicted molar refractivity (Wildman–Crippen MR) is 111 cm³/mol. The Balaban J connectivity index is 1.44. The SMILES string of the molecule is CC1(C)CC2CC(C)(CN2C(=O)CCN(Cc2ccco2)C(=O)c2cnccn2)C1. The molecule has 160 valence electrons. The lowest BCUT2D eigenvalue weighted by molar-refractivity contribution is -0.132. The van der Waals surface area contributed by atoms with E-state index in [2.05, 4.69) is 35.6 Å². The van der Waals surface area contributed by atoms with Gasteiger partial charge in [0, 0.05) is 37.9 Å². The van der Waals surface area contributed by atoms with Gasteiger partial charge in [0.1, 0.15) is 11.5 Å². The molecule has 1 aliphatic carbocycles. The summed E-state index contributed by atoms with van der Waals surface area (Å²) in [6.45, 7) is 8.33. The van der Waals surface area contributed by atoms with Crippen LogP contribution in [0.15, 0.2) is 41.4 Å². The van der Waals surface area contributed by atoms with Crippen molar-refractivity contribution in [2.45, 2.75) is 59.0 Å². The second-order valence-electron chi connectivity index (χ2n) is 9.88. The summed E-state index contributed by atoms with van der Waals surface area (Å²) >= 11 is 0. The molecule has 2 bridgehead atoms. The average Bonchev–Trinajstić information content (AvgIpc) is 3.29. The minimum atomic E-state index is -0.249. The fourth-order valence-corrected chi connectivity index (χ4v) is 5.54. The van der Waals surface area contributed by atoms with Crippen LogP contribution in [-0.4, -0.2) is 50.7 Å². The van der Waals surface area contributed by atoms with E-state index in [1.807, 2.05) is 6.07 Å². The van der Waals surface area contributed by atoms with Crippen molar-refractivity contribution in [3.8, 4) is 0 Å². The van der Waals surface area contributed by atoms with E-state index in [0.29, 0.717) is 31.3 Å². The topological polar surface area (TPSA) is 79.5 Å². The van der Waals surface area contributed by atoms with Crippen molar-refractivity contribution in [3.63, 3.8) is 0 Å². The van der Waals surface area contributed by atoms with Crippen LogP contribution in [0.2, 0.25) is 0 Å². The molecule has 0 spiro atoms. The van der Waals surface area contributed by atoms with Crippen LogP contribution in [0.3, 0.4) is 0 Å². The highest BCUT2D eigenvalue weighted by molar-refractivity contribution is 5.92. The third-order valence-electron chi connectivity index (χ3n) is 6.33. The molecule has 1 saturated heterocycles. The molecule has 2 aromatic rings. The van der Waals surface area contributed by atoms with Gasteiger partial charge in [-0.1, -0.05) is 20.8 Å². The van der Waals surface area contributed by atoms with Crippen LogP contribution in [0, 0.1) is 10.8 Å². The van der Waals surface area contributed by atoms with Gasteiger partial charge in [-0.3, -0.25) is 14.6 Å². The number of hydrogen-bond acceptors (Lipinski definition) is 5. The summed E-state index contributed by atoms with van der Waals surface area (Å²) in [5.41, 5.74) is 0.730. The normalized spacial score (nSPS) is 24.6. The third kappa shape index (κ3) is 4.40. The molecule has 2 aromatic heterocycles. The first-order valence-corrected chi connectivity index (χ1v) is 10.6. The number of rotatable bonds is 6. The van der Waals surface area contributed by atoms with Crippen molar-refractivity contribution in [1.29, 1.82) is 0 Å². The van der Waals surface area contributed by atoms with Crippen LogP contribution >= 0.6 is 0 Å². The van der Waals surface area contributed by atoms with Crippen LogP contribution in [0.25, 0.3) is 0 Å². The molecular formula is C23H30N4O3. The summed E-state index contributed by atoms with van der Waals surface area (Å²) in [6.07, 6.45) is 9.63. The van der Waals surface area contributed by atoms with E-state index in [4.69, 9.17) is 4.42 Å². The highest BCUT2D eigenvalue weighted by atomic mass is 16.3. The monoisotopic (exact) mass is 410 g/mol. The molecule has 2 atom stereocenters. The number of furan rings is 1. The Labute approximate surface area is 177 Å². The van der Waals surface area contributed by atoms with Gasteiger partial charge in [-0.05, 0) is 42.2 Å². The number of aromatic nitrogens is 2. The van der Waals surface area contributed by atoms with Crippen molar-refractivity contribution in [2.75, 3.05) is 13.1 Å². The molecule has 30 heavy (non-hydrogen) atoms. The molecule has 7 nitrogen and oxygen atoms in total. The van der Waals surface area contributed by atoms with Gasteiger partial charge in [0.2, 0.25) is 5.91 Å². The third-order valence-corrected chi connectivity index (χ3v) is 6.33. The van der Waals surface area contributed by atoms with E-state index >= 15 is 0 Å². The maximum absolute atomic E-state index is 13.1. The molecule has 2 fully saturated rings. The second-order valence-corrected chi connectivity index (χ2v) is 9.88. The Morgan fingerprint density at radius 2 is 2.10 bits per heavy atom. The van der Waals surface area contributed by atoms with Crippen molar-refractivity contribution >= 4 is 11.8 Å². The largest absolute Gasteiger partial charge is 0.467 e. The van der Waals surface area contributed by atoms with E-state index in [9.17, 15) is 9.59 Å². The van der Waals surface area contributed by atoms with Gasteiger partial charge < -0.3 is 14.2 Å². The van der Waals surface area contributed by atoms with Gasteiger partial charge in [-0.2, -0.15) is 0 Å². The minimum Gasteiger partial charge on any atom is -0.467 e. The minimum absolute atomic E-state index is 0.123. The summed E-state index contributed by atoms with van der Waals surface area (Å²) in [4.78, 5) is 37.9. The molecule has 1 aliphatic heterocycles. The van der Waals surface area contributed by atoms with Crippen LogP contribution in [0.4, 0.5) is 0 Å². The fraction of sp³-hybridized carbons (Fsp3) is 0.565. The smallest absolute Gasteiger partial charge is 0.274 e. The Morgan fingerprint density at radius 1 is 1.27 bits per heavy atom. The lowest BCUT2D eigenvalue weighted by atomic mass is 9.65. The van der Waals surface area contributed by atoms with E-state index in [1.165, 1.54) is 18.6 Å². The molecule has 0 N–H and O–H groups in total. The first-order chi connectivity index (χ1) is 14.2. The standard InChI is InChI=1S/C23H30N4O3/c1-22(2)11-17-12-23(3,15-22)16-27(17)20(28)6-9-26(14-18-5-4-10-30-18)21(29)19-13-24-7-8-25-19/h4-5,7-8,10,13,17H,6,9,11-12,14-16H2,1-3H3. The van der Waals surface area contributed by atoms with E-state index in [0.717, 1.165) is 25.8 Å². The number of nitrogens with zero attached hydrogens (tertiary/aromatic N) is 4. The predicted octanol–water partition coefficient (Wildman–Crippen LogP) is 3.53. The quantitative estimate of drug-likeness (QED) is 0.728. The van der Waals surface area contributed by atoms with Crippen LogP contribution < -0.4 is 0 Å². The number of carbonyl (C=O) groups is 2. The molecule has 0 radical (unpaired) electrons. The zero-order chi connectivity index (χ0) is 21.4. The summed E-state index contributed by atoms with van der Waals surface area (Å²) < 4.78 is 5.42. The fourth-order valence-electron chi connectivity index (χ4n) is 5.54. The highest BCUT2D eigenvalue weighted by Crippen LogP contribution is 2.52. The highest BCUT2D eigenvalue weighted by Gasteiger charge is 2.50. The first kappa shape index (κ1) is 20.6. The van der Waals surface area contributed by atoms with Gasteiger partial charge in [0.25, 0.3) is 5.91 Å². The van der Waals surface area contributed by atoms with Crippen molar-refractivity contribution in [3.05, 3.63) is 48.4 Å². The summed E-state index contributed by atoms with van der Waals surface area (Å²) in [5.74, 6) is 0.546. The number of hydrogen-bond donors (Lipinski definition) is 0. The zero-order valence-electron chi connectivity index (χ0n) is 18.0. The Morgan fingerprint density at radius 3 is 2.80 bits per heavy atom. The van der Waals surface area contributed by atoms with Gasteiger partial charge in [-0.15, -0.1) is 0 Å². The Kier molecular flexibility index (Phi) is 5.38. The second kappa shape index (κ2) is 7.85. The summed E-state index contributed by atoms with van der Waals surface area (Å²) in [6, 6.07) is 3.92. The molecule has 0 aromatic carbocycles. The lowest BCUT2D eigenvalue weighted by Gasteiger charge is -2.39. The molecule has 2 amide bonds. The molecule has 7 heteroatoms. The van der Waals surface area contributed by atoms with E-state index in [-0.39, 0.29) is 28.3 Å². The number of likely N-dealkylation sites (tertiary alicyclic amines) is 1. The van der Waals surface area contributed by atoms with Crippen molar-refractivity contribution in [2.24, 2.45) is 10.8 Å². The van der Waals surface area contributed by atoms with Crippen LogP contribution in [0.1, 0.15) is 62.7 Å². The first-order valence-electron chi connectivity index (χ1n) is 10.6. The number of fused-ring (bicyclic) bond motifs is 2. The van der Waals surface area contributed by atoms with E-state index in [1.54, 1.807) is 17.2 Å².